The van der Waals surface area contributed by atoms with Crippen molar-refractivity contribution in [1.82, 2.24) is 0 Å². The van der Waals surface area contributed by atoms with Crippen molar-refractivity contribution in [1.29, 1.82) is 0 Å². The molecule has 0 saturated heterocycles. The van der Waals surface area contributed by atoms with Crippen molar-refractivity contribution in [3.05, 3.63) is 17.5 Å². The predicted octanol–water partition coefficient (Wildman–Crippen LogP) is 0.452. The summed E-state index contributed by atoms with van der Waals surface area (Å²) in [6.07, 6.45) is 0. The summed E-state index contributed by atoms with van der Waals surface area (Å²) in [5.41, 5.74) is 6.75. The fourth-order valence-corrected chi connectivity index (χ4v) is 2.57. The van der Waals surface area contributed by atoms with Crippen LogP contribution < -0.4 is 11.2 Å². The van der Waals surface area contributed by atoms with Gasteiger partial charge >= 0.3 is 7.12 Å². The average Bonchev–Trinajstić information content (AvgIpc) is 2.46. The van der Waals surface area contributed by atoms with E-state index in [-0.39, 0.29) is 0 Å². The molecule has 14 heavy (non-hydrogen) atoms. The minimum absolute atomic E-state index is 0.380. The summed E-state index contributed by atoms with van der Waals surface area (Å²) in [5, 5.41) is 20.8. The standard InChI is InChI=1S/C8H8BNO2S2/c10-6-3-14-8-2-7(13)5(9(11)12)1-4(6)8/h1-3,11-13H,10H2. The first kappa shape index (κ1) is 9.85. The summed E-state index contributed by atoms with van der Waals surface area (Å²) in [4.78, 5) is 0.564. The molecule has 2 rings (SSSR count). The van der Waals surface area contributed by atoms with Gasteiger partial charge < -0.3 is 15.8 Å². The van der Waals surface area contributed by atoms with E-state index in [0.29, 0.717) is 16.0 Å². The molecule has 0 atom stereocenters. The summed E-state index contributed by atoms with van der Waals surface area (Å²) >= 11 is 5.68. The van der Waals surface area contributed by atoms with Crippen LogP contribution >= 0.6 is 24.0 Å². The molecule has 4 N–H and O–H groups in total. The fraction of sp³-hybridized carbons (Fsp3) is 0. The van der Waals surface area contributed by atoms with Gasteiger partial charge in [0.2, 0.25) is 0 Å². The van der Waals surface area contributed by atoms with Crippen LogP contribution in [0.3, 0.4) is 0 Å². The number of benzene rings is 1. The van der Waals surface area contributed by atoms with E-state index >= 15 is 0 Å². The molecule has 1 aromatic carbocycles. The summed E-state index contributed by atoms with van der Waals surface area (Å²) in [6.45, 7) is 0. The molecule has 3 nitrogen and oxygen atoms in total. The lowest BCUT2D eigenvalue weighted by Gasteiger charge is -2.04. The molecule has 0 amide bonds. The Morgan fingerprint density at radius 2 is 2.07 bits per heavy atom. The average molecular weight is 225 g/mol. The van der Waals surface area contributed by atoms with Gasteiger partial charge in [-0.3, -0.25) is 0 Å². The Balaban J connectivity index is 2.74. The zero-order valence-electron chi connectivity index (χ0n) is 7.14. The van der Waals surface area contributed by atoms with Crippen LogP contribution in [-0.2, 0) is 0 Å². The molecule has 0 spiro atoms. The fourth-order valence-electron chi connectivity index (χ4n) is 1.31. The van der Waals surface area contributed by atoms with Gasteiger partial charge in [0.15, 0.2) is 0 Å². The topological polar surface area (TPSA) is 66.5 Å². The van der Waals surface area contributed by atoms with Gasteiger partial charge in [-0.15, -0.1) is 24.0 Å². The van der Waals surface area contributed by atoms with E-state index < -0.39 is 7.12 Å². The van der Waals surface area contributed by atoms with Crippen molar-refractivity contribution in [3.63, 3.8) is 0 Å². The molecule has 0 fully saturated rings. The second-order valence-electron chi connectivity index (χ2n) is 2.97. The molecule has 72 valence electrons. The van der Waals surface area contributed by atoms with Crippen molar-refractivity contribution in [3.8, 4) is 0 Å². The highest BCUT2D eigenvalue weighted by Gasteiger charge is 2.16. The van der Waals surface area contributed by atoms with Crippen molar-refractivity contribution in [2.45, 2.75) is 4.90 Å². The van der Waals surface area contributed by atoms with Crippen LogP contribution in [0.25, 0.3) is 10.1 Å². The number of nitrogens with two attached hydrogens (primary N) is 1. The van der Waals surface area contributed by atoms with Crippen LogP contribution in [0.15, 0.2) is 22.4 Å². The number of thiol groups is 1. The Morgan fingerprint density at radius 1 is 1.36 bits per heavy atom. The summed E-state index contributed by atoms with van der Waals surface area (Å²) < 4.78 is 0.997. The minimum Gasteiger partial charge on any atom is -0.423 e. The van der Waals surface area contributed by atoms with Gasteiger partial charge in [0, 0.05) is 20.4 Å². The highest BCUT2D eigenvalue weighted by Crippen LogP contribution is 2.28. The van der Waals surface area contributed by atoms with Gasteiger partial charge in [-0.05, 0) is 11.5 Å². The molecule has 0 bridgehead atoms. The number of thiophene rings is 1. The van der Waals surface area contributed by atoms with E-state index in [1.54, 1.807) is 12.1 Å². The molecular formula is C8H8BNO2S2. The van der Waals surface area contributed by atoms with Crippen LogP contribution in [-0.4, -0.2) is 17.2 Å². The maximum Gasteiger partial charge on any atom is 0.489 e. The summed E-state index contributed by atoms with van der Waals surface area (Å²) in [7, 11) is -1.51. The third-order valence-electron chi connectivity index (χ3n) is 2.03. The second-order valence-corrected chi connectivity index (χ2v) is 4.36. The maximum absolute atomic E-state index is 9.06. The van der Waals surface area contributed by atoms with Crippen LogP contribution in [0.1, 0.15) is 0 Å². The van der Waals surface area contributed by atoms with Crippen LogP contribution in [0.4, 0.5) is 5.69 Å². The summed E-state index contributed by atoms with van der Waals surface area (Å²) in [6, 6.07) is 3.45. The van der Waals surface area contributed by atoms with E-state index in [1.807, 2.05) is 5.38 Å². The van der Waals surface area contributed by atoms with Crippen molar-refractivity contribution in [2.24, 2.45) is 0 Å². The Labute approximate surface area is 90.7 Å². The van der Waals surface area contributed by atoms with Crippen LogP contribution in [0.2, 0.25) is 0 Å². The number of nitrogen functional groups attached to an aromatic ring is 1. The van der Waals surface area contributed by atoms with E-state index in [0.717, 1.165) is 10.1 Å². The third kappa shape index (κ3) is 1.50. The summed E-state index contributed by atoms with van der Waals surface area (Å²) in [5.74, 6) is 0. The van der Waals surface area contributed by atoms with E-state index in [1.165, 1.54) is 11.3 Å². The number of fused-ring (bicyclic) bond motifs is 1. The molecule has 1 heterocycles. The van der Waals surface area contributed by atoms with Crippen molar-refractivity contribution < 1.29 is 10.0 Å². The van der Waals surface area contributed by atoms with Gasteiger partial charge in [-0.2, -0.15) is 0 Å². The lowest BCUT2D eigenvalue weighted by Crippen LogP contribution is -2.31. The Kier molecular flexibility index (Phi) is 2.44. The first-order valence-electron chi connectivity index (χ1n) is 3.95. The monoisotopic (exact) mass is 225 g/mol. The van der Waals surface area contributed by atoms with E-state index in [2.05, 4.69) is 12.6 Å². The first-order valence-corrected chi connectivity index (χ1v) is 5.28. The molecule has 0 aliphatic rings. The number of hydrogen-bond donors (Lipinski definition) is 4. The zero-order chi connectivity index (χ0) is 10.3. The maximum atomic E-state index is 9.06. The molecule has 2 aromatic rings. The third-order valence-corrected chi connectivity index (χ3v) is 3.38. The molecular weight excluding hydrogens is 217 g/mol. The SMILES string of the molecule is Nc1csc2cc(S)c(B(O)O)cc12. The number of anilines is 1. The smallest absolute Gasteiger partial charge is 0.423 e. The highest BCUT2D eigenvalue weighted by molar-refractivity contribution is 7.80. The van der Waals surface area contributed by atoms with Crippen LogP contribution in [0.5, 0.6) is 0 Å². The minimum atomic E-state index is -1.51. The normalized spacial score (nSPS) is 10.8. The second kappa shape index (κ2) is 3.47. The van der Waals surface area contributed by atoms with Crippen LogP contribution in [0, 0.1) is 0 Å². The number of rotatable bonds is 1. The van der Waals surface area contributed by atoms with Gasteiger partial charge in [0.25, 0.3) is 0 Å². The predicted molar refractivity (Wildman–Crippen MR) is 63.3 cm³/mol. The molecule has 0 unspecified atom stereocenters. The van der Waals surface area contributed by atoms with E-state index in [9.17, 15) is 0 Å². The number of hydrogen-bond acceptors (Lipinski definition) is 5. The molecule has 1 aromatic heterocycles. The zero-order valence-corrected chi connectivity index (χ0v) is 8.85. The van der Waals surface area contributed by atoms with Gasteiger partial charge in [0.1, 0.15) is 0 Å². The molecule has 0 radical (unpaired) electrons. The Morgan fingerprint density at radius 3 is 2.71 bits per heavy atom. The highest BCUT2D eigenvalue weighted by atomic mass is 32.1. The first-order chi connectivity index (χ1) is 6.59. The lowest BCUT2D eigenvalue weighted by molar-refractivity contribution is 0.425. The van der Waals surface area contributed by atoms with Crippen molar-refractivity contribution in [2.75, 3.05) is 5.73 Å². The molecule has 6 heteroatoms. The van der Waals surface area contributed by atoms with Gasteiger partial charge in [-0.1, -0.05) is 6.07 Å². The van der Waals surface area contributed by atoms with Gasteiger partial charge in [0.05, 0.1) is 5.69 Å². The molecule has 0 aliphatic carbocycles. The Bertz CT molecular complexity index is 483. The molecule has 0 saturated carbocycles. The Hall–Kier alpha value is -0.685. The largest absolute Gasteiger partial charge is 0.489 e. The van der Waals surface area contributed by atoms with Crippen molar-refractivity contribution >= 4 is 52.3 Å². The quantitative estimate of drug-likeness (QED) is 0.421. The van der Waals surface area contributed by atoms with E-state index in [4.69, 9.17) is 15.8 Å². The van der Waals surface area contributed by atoms with Gasteiger partial charge in [-0.25, -0.2) is 0 Å². The molecule has 0 aliphatic heterocycles. The lowest BCUT2D eigenvalue weighted by atomic mass is 9.80.